The topological polar surface area (TPSA) is 102 Å². The molecule has 4 rings (SSSR count). The van der Waals surface area contributed by atoms with E-state index >= 15 is 0 Å². The Kier molecular flexibility index (Phi) is 5.73. The van der Waals surface area contributed by atoms with E-state index in [1.54, 1.807) is 4.90 Å². The number of amides is 1. The van der Waals surface area contributed by atoms with Crippen LogP contribution in [0.25, 0.3) is 11.1 Å². The number of oxazole rings is 1. The third-order valence-corrected chi connectivity index (χ3v) is 7.60. The Balaban J connectivity index is 1.61. The van der Waals surface area contributed by atoms with Gasteiger partial charge in [0, 0.05) is 32.2 Å². The van der Waals surface area contributed by atoms with Crippen LogP contribution in [-0.4, -0.2) is 67.5 Å². The Bertz CT molecular complexity index is 1090. The smallest absolute Gasteiger partial charge is 0.408 e. The van der Waals surface area contributed by atoms with E-state index in [-0.39, 0.29) is 34.8 Å². The molecule has 0 spiro atoms. The van der Waals surface area contributed by atoms with Gasteiger partial charge in [-0.15, -0.1) is 0 Å². The number of hydrogen-bond acceptors (Lipinski definition) is 6. The average molecular weight is 438 g/mol. The van der Waals surface area contributed by atoms with Crippen LogP contribution in [0.15, 0.2) is 32.3 Å². The number of rotatable bonds is 4. The SMILES string of the molecule is C[C@@H]1C[C@@H](C)CN(S(=O)(=O)c2ccc3c(c2)oc(=O)n3CC(=O)N2CCOCC2)C1. The molecule has 3 heterocycles. The highest BCUT2D eigenvalue weighted by Gasteiger charge is 2.32. The number of carbonyl (C=O) groups excluding carboxylic acids is 1. The molecule has 0 N–H and O–H groups in total. The molecule has 9 nitrogen and oxygen atoms in total. The molecule has 30 heavy (non-hydrogen) atoms. The van der Waals surface area contributed by atoms with Gasteiger partial charge in [0.25, 0.3) is 0 Å². The van der Waals surface area contributed by atoms with Crippen molar-refractivity contribution in [3.05, 3.63) is 28.7 Å². The lowest BCUT2D eigenvalue weighted by Crippen LogP contribution is -2.43. The molecular weight excluding hydrogens is 410 g/mol. The maximum absolute atomic E-state index is 13.1. The van der Waals surface area contributed by atoms with Gasteiger partial charge in [-0.2, -0.15) is 4.31 Å². The second-order valence-corrected chi connectivity index (χ2v) is 10.3. The van der Waals surface area contributed by atoms with Crippen LogP contribution in [0.2, 0.25) is 0 Å². The zero-order valence-corrected chi connectivity index (χ0v) is 18.1. The molecule has 10 heteroatoms. The highest BCUT2D eigenvalue weighted by molar-refractivity contribution is 7.89. The van der Waals surface area contributed by atoms with E-state index in [0.717, 1.165) is 6.42 Å². The first kappa shape index (κ1) is 21.1. The van der Waals surface area contributed by atoms with Gasteiger partial charge in [0.05, 0.1) is 23.6 Å². The number of nitrogens with zero attached hydrogens (tertiary/aromatic N) is 3. The van der Waals surface area contributed by atoms with E-state index in [1.165, 1.54) is 27.1 Å². The van der Waals surface area contributed by atoms with Crippen LogP contribution in [0, 0.1) is 11.8 Å². The number of aromatic nitrogens is 1. The van der Waals surface area contributed by atoms with Crippen LogP contribution < -0.4 is 5.76 Å². The molecule has 0 bridgehead atoms. The summed E-state index contributed by atoms with van der Waals surface area (Å²) in [6.07, 6.45) is 1.000. The van der Waals surface area contributed by atoms with Crippen LogP contribution in [0.4, 0.5) is 0 Å². The molecule has 1 aromatic carbocycles. The van der Waals surface area contributed by atoms with Crippen molar-refractivity contribution in [3.8, 4) is 0 Å². The number of morpholine rings is 1. The van der Waals surface area contributed by atoms with Gasteiger partial charge in [-0.1, -0.05) is 13.8 Å². The predicted octanol–water partition coefficient (Wildman–Crippen LogP) is 1.12. The molecule has 0 radical (unpaired) electrons. The average Bonchev–Trinajstić information content (AvgIpc) is 3.02. The Morgan fingerprint density at radius 3 is 2.47 bits per heavy atom. The van der Waals surface area contributed by atoms with E-state index in [4.69, 9.17) is 9.15 Å². The van der Waals surface area contributed by atoms with Crippen LogP contribution in [0.1, 0.15) is 20.3 Å². The fraction of sp³-hybridized carbons (Fsp3) is 0.600. The number of hydrogen-bond donors (Lipinski definition) is 0. The van der Waals surface area contributed by atoms with Crippen LogP contribution >= 0.6 is 0 Å². The number of fused-ring (bicyclic) bond motifs is 1. The molecule has 2 atom stereocenters. The summed E-state index contributed by atoms with van der Waals surface area (Å²) in [5.41, 5.74) is 0.565. The molecule has 0 aliphatic carbocycles. The van der Waals surface area contributed by atoms with Gasteiger partial charge in [-0.3, -0.25) is 9.36 Å². The first-order valence-electron chi connectivity index (χ1n) is 10.2. The first-order chi connectivity index (χ1) is 14.3. The molecule has 164 valence electrons. The summed E-state index contributed by atoms with van der Waals surface area (Å²) in [6.45, 7) is 6.81. The molecule has 2 aromatic rings. The lowest BCUT2D eigenvalue weighted by atomic mass is 9.94. The third-order valence-electron chi connectivity index (χ3n) is 5.77. The molecule has 2 aliphatic rings. The zero-order chi connectivity index (χ0) is 21.5. The van der Waals surface area contributed by atoms with E-state index in [2.05, 4.69) is 0 Å². The summed E-state index contributed by atoms with van der Waals surface area (Å²) in [4.78, 5) is 26.6. The van der Waals surface area contributed by atoms with Gasteiger partial charge < -0.3 is 14.1 Å². The van der Waals surface area contributed by atoms with E-state index < -0.39 is 15.8 Å². The van der Waals surface area contributed by atoms with Crippen LogP contribution in [0.3, 0.4) is 0 Å². The number of carbonyl (C=O) groups is 1. The molecule has 0 unspecified atom stereocenters. The van der Waals surface area contributed by atoms with Crippen molar-refractivity contribution in [2.45, 2.75) is 31.7 Å². The molecule has 1 amide bonds. The van der Waals surface area contributed by atoms with Crippen molar-refractivity contribution >= 4 is 27.0 Å². The van der Waals surface area contributed by atoms with Gasteiger partial charge in [0.15, 0.2) is 5.58 Å². The highest BCUT2D eigenvalue weighted by Crippen LogP contribution is 2.28. The summed E-state index contributed by atoms with van der Waals surface area (Å²) in [5.74, 6) is -0.299. The molecule has 2 aliphatic heterocycles. The Morgan fingerprint density at radius 1 is 1.13 bits per heavy atom. The van der Waals surface area contributed by atoms with E-state index in [9.17, 15) is 18.0 Å². The van der Waals surface area contributed by atoms with E-state index in [1.807, 2.05) is 13.8 Å². The summed E-state index contributed by atoms with van der Waals surface area (Å²) >= 11 is 0. The van der Waals surface area contributed by atoms with Gasteiger partial charge in [0.1, 0.15) is 6.54 Å². The normalized spacial score (nSPS) is 23.7. The van der Waals surface area contributed by atoms with Gasteiger partial charge >= 0.3 is 5.76 Å². The molecule has 0 saturated carbocycles. The zero-order valence-electron chi connectivity index (χ0n) is 17.2. The summed E-state index contributed by atoms with van der Waals surface area (Å²) in [7, 11) is -3.69. The van der Waals surface area contributed by atoms with Crippen molar-refractivity contribution in [3.63, 3.8) is 0 Å². The molecular formula is C20H27N3O6S. The minimum atomic E-state index is -3.69. The van der Waals surface area contributed by atoms with Crippen LogP contribution in [-0.2, 0) is 26.1 Å². The van der Waals surface area contributed by atoms with Gasteiger partial charge in [0.2, 0.25) is 15.9 Å². The minimum Gasteiger partial charge on any atom is -0.408 e. The summed E-state index contributed by atoms with van der Waals surface area (Å²) in [5, 5.41) is 0. The van der Waals surface area contributed by atoms with Crippen molar-refractivity contribution in [1.82, 2.24) is 13.8 Å². The monoisotopic (exact) mass is 437 g/mol. The number of sulfonamides is 1. The number of piperidine rings is 1. The quantitative estimate of drug-likeness (QED) is 0.710. The van der Waals surface area contributed by atoms with Crippen molar-refractivity contribution in [2.75, 3.05) is 39.4 Å². The first-order valence-corrected chi connectivity index (χ1v) is 11.7. The number of ether oxygens (including phenoxy) is 1. The second-order valence-electron chi connectivity index (χ2n) is 8.34. The third kappa shape index (κ3) is 4.03. The van der Waals surface area contributed by atoms with Crippen molar-refractivity contribution in [2.24, 2.45) is 11.8 Å². The Hall–Kier alpha value is -2.17. The fourth-order valence-electron chi connectivity index (χ4n) is 4.36. The van der Waals surface area contributed by atoms with Crippen molar-refractivity contribution < 1.29 is 22.4 Å². The minimum absolute atomic E-state index is 0.0942. The van der Waals surface area contributed by atoms with E-state index in [0.29, 0.717) is 44.9 Å². The van der Waals surface area contributed by atoms with Crippen molar-refractivity contribution in [1.29, 1.82) is 0 Å². The summed E-state index contributed by atoms with van der Waals surface area (Å²) < 4.78 is 39.5. The Morgan fingerprint density at radius 2 is 1.80 bits per heavy atom. The molecule has 2 fully saturated rings. The maximum atomic E-state index is 13.1. The molecule has 1 aromatic heterocycles. The Labute approximate surface area is 175 Å². The predicted molar refractivity (Wildman–Crippen MR) is 110 cm³/mol. The largest absolute Gasteiger partial charge is 0.420 e. The lowest BCUT2D eigenvalue weighted by Gasteiger charge is -2.34. The standard InChI is InChI=1S/C20H27N3O6S/c1-14-9-15(2)12-22(11-14)30(26,27)16-3-4-17-18(10-16)29-20(25)23(17)13-19(24)21-5-7-28-8-6-21/h3-4,10,14-15H,5-9,11-13H2,1-2H3/t14-,15-/m1/s1. The van der Waals surface area contributed by atoms with Gasteiger partial charge in [-0.05, 0) is 30.4 Å². The molecule has 2 saturated heterocycles. The van der Waals surface area contributed by atoms with Gasteiger partial charge in [-0.25, -0.2) is 13.2 Å². The van der Waals surface area contributed by atoms with Crippen LogP contribution in [0.5, 0.6) is 0 Å². The maximum Gasteiger partial charge on any atom is 0.420 e. The fourth-order valence-corrected chi connectivity index (χ4v) is 6.05. The number of benzene rings is 1. The lowest BCUT2D eigenvalue weighted by molar-refractivity contribution is -0.135. The summed E-state index contributed by atoms with van der Waals surface area (Å²) in [6, 6.07) is 4.40. The second kappa shape index (κ2) is 8.16. The highest BCUT2D eigenvalue weighted by atomic mass is 32.2.